The molecule has 148 valence electrons. The Kier molecular flexibility index (Phi) is 6.65. The molecule has 0 aliphatic carbocycles. The van der Waals surface area contributed by atoms with Crippen LogP contribution in [0.4, 0.5) is 0 Å². The van der Waals surface area contributed by atoms with Crippen molar-refractivity contribution in [3.8, 4) is 11.4 Å². The average Bonchev–Trinajstić information content (AvgIpc) is 3.19. The van der Waals surface area contributed by atoms with E-state index in [1.165, 1.54) is 0 Å². The van der Waals surface area contributed by atoms with E-state index in [1.54, 1.807) is 0 Å². The molecule has 2 aromatic rings. The quantitative estimate of drug-likeness (QED) is 0.859. The third-order valence-corrected chi connectivity index (χ3v) is 4.77. The lowest BCUT2D eigenvalue weighted by Crippen LogP contribution is -2.34. The fraction of sp³-hybridized carbons (Fsp3) is 0.550. The van der Waals surface area contributed by atoms with Gasteiger partial charge in [-0.25, -0.2) is 0 Å². The maximum absolute atomic E-state index is 12.9. The minimum absolute atomic E-state index is 0. The summed E-state index contributed by atoms with van der Waals surface area (Å²) in [5.41, 5.74) is 7.30. The zero-order chi connectivity index (χ0) is 18.9. The Morgan fingerprint density at radius 2 is 2.11 bits per heavy atom. The molecule has 7 heteroatoms. The normalized spacial score (nSPS) is 19.8. The van der Waals surface area contributed by atoms with Gasteiger partial charge in [-0.3, -0.25) is 4.79 Å². The highest BCUT2D eigenvalue weighted by Crippen LogP contribution is 2.26. The summed E-state index contributed by atoms with van der Waals surface area (Å²) in [6.07, 6.45) is 1.67. The summed E-state index contributed by atoms with van der Waals surface area (Å²) in [6, 6.07) is 7.66. The van der Waals surface area contributed by atoms with E-state index in [2.05, 4.69) is 37.8 Å². The van der Waals surface area contributed by atoms with Crippen molar-refractivity contribution in [3.05, 3.63) is 35.7 Å². The van der Waals surface area contributed by atoms with E-state index in [4.69, 9.17) is 10.3 Å². The van der Waals surface area contributed by atoms with E-state index in [9.17, 15) is 4.79 Å². The summed E-state index contributed by atoms with van der Waals surface area (Å²) in [5.74, 6) is 1.55. The van der Waals surface area contributed by atoms with E-state index < -0.39 is 0 Å². The lowest BCUT2D eigenvalue weighted by atomic mass is 9.92. The number of carbonyl (C=O) groups is 1. The first-order chi connectivity index (χ1) is 12.3. The maximum Gasteiger partial charge on any atom is 0.254 e. The predicted octanol–water partition coefficient (Wildman–Crippen LogP) is 3.56. The highest BCUT2D eigenvalue weighted by Gasteiger charge is 2.32. The molecule has 0 spiro atoms. The number of carbonyl (C=O) groups excluding carboxylic acids is 1. The number of halogens is 1. The van der Waals surface area contributed by atoms with Crippen molar-refractivity contribution < 1.29 is 9.32 Å². The van der Waals surface area contributed by atoms with Crippen LogP contribution >= 0.6 is 12.4 Å². The van der Waals surface area contributed by atoms with Crippen LogP contribution in [-0.2, 0) is 6.42 Å². The second-order valence-electron chi connectivity index (χ2n) is 8.47. The van der Waals surface area contributed by atoms with Crippen LogP contribution in [0.5, 0.6) is 0 Å². The van der Waals surface area contributed by atoms with Crippen LogP contribution in [0.1, 0.15) is 50.4 Å². The minimum Gasteiger partial charge on any atom is -0.339 e. The summed E-state index contributed by atoms with van der Waals surface area (Å²) < 4.78 is 5.37. The van der Waals surface area contributed by atoms with Crippen LogP contribution in [0.3, 0.4) is 0 Å². The molecule has 0 saturated carbocycles. The zero-order valence-corrected chi connectivity index (χ0v) is 17.3. The van der Waals surface area contributed by atoms with Gasteiger partial charge in [-0.1, -0.05) is 38.1 Å². The third-order valence-electron chi connectivity index (χ3n) is 4.77. The molecule has 2 N–H and O–H groups in total. The summed E-state index contributed by atoms with van der Waals surface area (Å²) in [7, 11) is 0. The molecule has 1 aliphatic heterocycles. The van der Waals surface area contributed by atoms with Gasteiger partial charge in [-0.2, -0.15) is 4.98 Å². The van der Waals surface area contributed by atoms with Gasteiger partial charge >= 0.3 is 0 Å². The minimum atomic E-state index is 0. The fourth-order valence-corrected chi connectivity index (χ4v) is 3.45. The monoisotopic (exact) mass is 392 g/mol. The van der Waals surface area contributed by atoms with Gasteiger partial charge in [0.1, 0.15) is 0 Å². The van der Waals surface area contributed by atoms with Gasteiger partial charge in [0, 0.05) is 30.1 Å². The first kappa shape index (κ1) is 21.4. The standard InChI is InChI=1S/C20H28N4O2.ClH/c1-13-8-14(11-21)12-24(13)19(25)16-7-5-6-15(9-16)18-22-17(26-23-18)10-20(2,3)4;/h5-7,9,13-14H,8,10-12,21H2,1-4H3;1H. The van der Waals surface area contributed by atoms with E-state index in [1.807, 2.05) is 29.2 Å². The number of likely N-dealkylation sites (tertiary alicyclic amines) is 1. The van der Waals surface area contributed by atoms with Gasteiger partial charge < -0.3 is 15.2 Å². The molecule has 6 nitrogen and oxygen atoms in total. The van der Waals surface area contributed by atoms with Crippen molar-refractivity contribution in [1.29, 1.82) is 0 Å². The van der Waals surface area contributed by atoms with Crippen molar-refractivity contribution in [2.45, 2.75) is 46.6 Å². The Morgan fingerprint density at radius 1 is 1.37 bits per heavy atom. The number of aromatic nitrogens is 2. The predicted molar refractivity (Wildman–Crippen MR) is 108 cm³/mol. The van der Waals surface area contributed by atoms with Gasteiger partial charge in [-0.15, -0.1) is 12.4 Å². The van der Waals surface area contributed by atoms with Crippen molar-refractivity contribution >= 4 is 18.3 Å². The van der Waals surface area contributed by atoms with Crippen LogP contribution in [0, 0.1) is 11.3 Å². The molecule has 27 heavy (non-hydrogen) atoms. The fourth-order valence-electron chi connectivity index (χ4n) is 3.45. The molecule has 2 unspecified atom stereocenters. The Labute approximate surface area is 166 Å². The van der Waals surface area contributed by atoms with E-state index in [-0.39, 0.29) is 29.8 Å². The van der Waals surface area contributed by atoms with Crippen LogP contribution in [0.25, 0.3) is 11.4 Å². The number of hydrogen-bond donors (Lipinski definition) is 1. The molecule has 0 bridgehead atoms. The Hall–Kier alpha value is -1.92. The van der Waals surface area contributed by atoms with E-state index in [0.717, 1.165) is 18.5 Å². The topological polar surface area (TPSA) is 85.2 Å². The smallest absolute Gasteiger partial charge is 0.254 e. The average molecular weight is 393 g/mol. The zero-order valence-electron chi connectivity index (χ0n) is 16.4. The maximum atomic E-state index is 12.9. The molecule has 1 saturated heterocycles. The summed E-state index contributed by atoms with van der Waals surface area (Å²) in [5, 5.41) is 4.08. The Balaban J connectivity index is 0.00000261. The molecule has 1 amide bonds. The number of benzene rings is 1. The van der Waals surface area contributed by atoms with Crippen LogP contribution in [0.2, 0.25) is 0 Å². The second kappa shape index (κ2) is 8.40. The van der Waals surface area contributed by atoms with Crippen LogP contribution in [0.15, 0.2) is 28.8 Å². The first-order valence-corrected chi connectivity index (χ1v) is 9.21. The molecule has 1 aromatic carbocycles. The molecule has 2 heterocycles. The van der Waals surface area contributed by atoms with Crippen molar-refractivity contribution in [2.75, 3.05) is 13.1 Å². The summed E-state index contributed by atoms with van der Waals surface area (Å²) in [4.78, 5) is 19.3. The highest BCUT2D eigenvalue weighted by molar-refractivity contribution is 5.95. The number of hydrogen-bond acceptors (Lipinski definition) is 5. The molecular formula is C20H29ClN4O2. The number of nitrogens with two attached hydrogens (primary N) is 1. The van der Waals surface area contributed by atoms with Gasteiger partial charge in [0.2, 0.25) is 11.7 Å². The number of amides is 1. The SMILES string of the molecule is CC1CC(CN)CN1C(=O)c1cccc(-c2noc(CC(C)(C)C)n2)c1.Cl. The first-order valence-electron chi connectivity index (χ1n) is 9.21. The van der Waals surface area contributed by atoms with Crippen molar-refractivity contribution in [3.63, 3.8) is 0 Å². The van der Waals surface area contributed by atoms with Crippen molar-refractivity contribution in [1.82, 2.24) is 15.0 Å². The molecule has 2 atom stereocenters. The van der Waals surface area contributed by atoms with Gasteiger partial charge in [-0.05, 0) is 43.4 Å². The van der Waals surface area contributed by atoms with E-state index >= 15 is 0 Å². The molecular weight excluding hydrogens is 364 g/mol. The molecule has 3 rings (SSSR count). The van der Waals surface area contributed by atoms with E-state index in [0.29, 0.717) is 36.2 Å². The van der Waals surface area contributed by atoms with Gasteiger partial charge in [0.15, 0.2) is 0 Å². The Bertz CT molecular complexity index is 784. The summed E-state index contributed by atoms with van der Waals surface area (Å²) in [6.45, 7) is 9.80. The van der Waals surface area contributed by atoms with Crippen LogP contribution in [-0.4, -0.2) is 40.1 Å². The third kappa shape index (κ3) is 5.08. The lowest BCUT2D eigenvalue weighted by Gasteiger charge is -2.21. The van der Waals surface area contributed by atoms with Crippen LogP contribution < -0.4 is 5.73 Å². The largest absolute Gasteiger partial charge is 0.339 e. The van der Waals surface area contributed by atoms with Gasteiger partial charge in [0.25, 0.3) is 5.91 Å². The molecule has 1 aromatic heterocycles. The molecule has 1 aliphatic rings. The molecule has 0 radical (unpaired) electrons. The summed E-state index contributed by atoms with van der Waals surface area (Å²) >= 11 is 0. The highest BCUT2D eigenvalue weighted by atomic mass is 35.5. The number of rotatable bonds is 4. The van der Waals surface area contributed by atoms with Gasteiger partial charge in [0.05, 0.1) is 0 Å². The number of nitrogens with zero attached hydrogens (tertiary/aromatic N) is 3. The second-order valence-corrected chi connectivity index (χ2v) is 8.47. The van der Waals surface area contributed by atoms with Crippen molar-refractivity contribution in [2.24, 2.45) is 17.1 Å². The lowest BCUT2D eigenvalue weighted by molar-refractivity contribution is 0.0743. The molecule has 1 fully saturated rings. The Morgan fingerprint density at radius 3 is 2.74 bits per heavy atom.